The third-order valence-electron chi connectivity index (χ3n) is 2.85. The molecule has 0 aliphatic carbocycles. The number of hydrogen-bond donors (Lipinski definition) is 2. The third-order valence-corrected chi connectivity index (χ3v) is 2.85. The minimum Gasteiger partial charge on any atom is -0.394 e. The van der Waals surface area contributed by atoms with Crippen molar-refractivity contribution in [3.8, 4) is 0 Å². The van der Waals surface area contributed by atoms with Gasteiger partial charge < -0.3 is 10.4 Å². The van der Waals surface area contributed by atoms with Crippen LogP contribution in [0.2, 0.25) is 0 Å². The molecule has 80 valence electrons. The second kappa shape index (κ2) is 7.34. The molecule has 2 nitrogen and oxygen atoms in total. The van der Waals surface area contributed by atoms with Gasteiger partial charge in [-0.3, -0.25) is 0 Å². The van der Waals surface area contributed by atoms with Crippen molar-refractivity contribution < 1.29 is 5.11 Å². The van der Waals surface area contributed by atoms with Crippen molar-refractivity contribution >= 4 is 0 Å². The first-order valence-corrected chi connectivity index (χ1v) is 5.54. The van der Waals surface area contributed by atoms with E-state index in [4.69, 9.17) is 0 Å². The topological polar surface area (TPSA) is 32.3 Å². The summed E-state index contributed by atoms with van der Waals surface area (Å²) in [6.07, 6.45) is 6.99. The van der Waals surface area contributed by atoms with Crippen LogP contribution < -0.4 is 5.32 Å². The van der Waals surface area contributed by atoms with Gasteiger partial charge in [0.15, 0.2) is 0 Å². The standard InChI is InChI=1S/C11H25NO/c1-4-6-8-11(10-13,12-3)9-7-5-2/h12-13H,4-10H2,1-3H3. The summed E-state index contributed by atoms with van der Waals surface area (Å²) >= 11 is 0. The van der Waals surface area contributed by atoms with E-state index in [0.717, 1.165) is 12.8 Å². The normalized spacial score (nSPS) is 12.0. The molecule has 0 aromatic carbocycles. The van der Waals surface area contributed by atoms with Gasteiger partial charge in [-0.25, -0.2) is 0 Å². The van der Waals surface area contributed by atoms with Crippen LogP contribution >= 0.6 is 0 Å². The summed E-state index contributed by atoms with van der Waals surface area (Å²) in [6, 6.07) is 0. The van der Waals surface area contributed by atoms with Crippen LogP contribution in [-0.4, -0.2) is 24.3 Å². The summed E-state index contributed by atoms with van der Waals surface area (Å²) < 4.78 is 0. The van der Waals surface area contributed by atoms with Crippen LogP contribution in [0, 0.1) is 0 Å². The van der Waals surface area contributed by atoms with Gasteiger partial charge in [0.25, 0.3) is 0 Å². The summed E-state index contributed by atoms with van der Waals surface area (Å²) in [4.78, 5) is 0. The van der Waals surface area contributed by atoms with Gasteiger partial charge in [0.1, 0.15) is 0 Å². The Morgan fingerprint density at radius 2 is 1.54 bits per heavy atom. The highest BCUT2D eigenvalue weighted by Gasteiger charge is 2.25. The van der Waals surface area contributed by atoms with Gasteiger partial charge in [-0.15, -0.1) is 0 Å². The van der Waals surface area contributed by atoms with Crippen molar-refractivity contribution in [3.05, 3.63) is 0 Å². The molecule has 0 fully saturated rings. The predicted molar refractivity (Wildman–Crippen MR) is 57.9 cm³/mol. The van der Waals surface area contributed by atoms with Crippen LogP contribution in [0.25, 0.3) is 0 Å². The third kappa shape index (κ3) is 4.63. The largest absolute Gasteiger partial charge is 0.394 e. The quantitative estimate of drug-likeness (QED) is 0.611. The molecular formula is C11H25NO. The fraction of sp³-hybridized carbons (Fsp3) is 1.00. The van der Waals surface area contributed by atoms with Gasteiger partial charge in [0, 0.05) is 5.54 Å². The first kappa shape index (κ1) is 12.9. The van der Waals surface area contributed by atoms with Gasteiger partial charge in [0.2, 0.25) is 0 Å². The van der Waals surface area contributed by atoms with E-state index in [2.05, 4.69) is 19.2 Å². The van der Waals surface area contributed by atoms with E-state index >= 15 is 0 Å². The molecule has 2 heteroatoms. The number of aliphatic hydroxyl groups excluding tert-OH is 1. The molecule has 0 aliphatic heterocycles. The highest BCUT2D eigenvalue weighted by molar-refractivity contribution is 4.85. The van der Waals surface area contributed by atoms with Crippen molar-refractivity contribution in [2.45, 2.75) is 57.9 Å². The van der Waals surface area contributed by atoms with Crippen LogP contribution in [0.15, 0.2) is 0 Å². The summed E-state index contributed by atoms with van der Waals surface area (Å²) in [5, 5.41) is 12.7. The molecule has 0 saturated carbocycles. The summed E-state index contributed by atoms with van der Waals surface area (Å²) in [7, 11) is 1.96. The van der Waals surface area contributed by atoms with E-state index in [1.807, 2.05) is 7.05 Å². The molecule has 0 atom stereocenters. The van der Waals surface area contributed by atoms with Gasteiger partial charge in [-0.2, -0.15) is 0 Å². The SMILES string of the molecule is CCCCC(CO)(CCCC)NC. The van der Waals surface area contributed by atoms with E-state index in [9.17, 15) is 5.11 Å². The molecule has 0 bridgehead atoms. The summed E-state index contributed by atoms with van der Waals surface area (Å²) in [5.74, 6) is 0. The lowest BCUT2D eigenvalue weighted by atomic mass is 9.88. The lowest BCUT2D eigenvalue weighted by molar-refractivity contribution is 0.145. The second-order valence-corrected chi connectivity index (χ2v) is 3.90. The Labute approximate surface area is 82.7 Å². The summed E-state index contributed by atoms with van der Waals surface area (Å²) in [5.41, 5.74) is -0.00792. The van der Waals surface area contributed by atoms with Crippen molar-refractivity contribution in [2.24, 2.45) is 0 Å². The van der Waals surface area contributed by atoms with Crippen LogP contribution in [-0.2, 0) is 0 Å². The highest BCUT2D eigenvalue weighted by Crippen LogP contribution is 2.20. The molecule has 13 heavy (non-hydrogen) atoms. The zero-order valence-electron chi connectivity index (χ0n) is 9.40. The maximum Gasteiger partial charge on any atom is 0.0613 e. The smallest absolute Gasteiger partial charge is 0.0613 e. The Hall–Kier alpha value is -0.0800. The maximum atomic E-state index is 9.37. The molecule has 0 spiro atoms. The molecule has 0 amide bonds. The number of aliphatic hydroxyl groups is 1. The maximum absolute atomic E-state index is 9.37. The molecule has 0 unspecified atom stereocenters. The van der Waals surface area contributed by atoms with Crippen LogP contribution in [0.5, 0.6) is 0 Å². The molecular weight excluding hydrogens is 162 g/mol. The fourth-order valence-corrected chi connectivity index (χ4v) is 1.64. The number of likely N-dealkylation sites (N-methyl/N-ethyl adjacent to an activating group) is 1. The number of nitrogens with one attached hydrogen (secondary N) is 1. The van der Waals surface area contributed by atoms with E-state index in [0.29, 0.717) is 0 Å². The number of hydrogen-bond acceptors (Lipinski definition) is 2. The van der Waals surface area contributed by atoms with Crippen LogP contribution in [0.3, 0.4) is 0 Å². The van der Waals surface area contributed by atoms with Crippen molar-refractivity contribution in [1.29, 1.82) is 0 Å². The number of rotatable bonds is 8. The Balaban J connectivity index is 3.97. The van der Waals surface area contributed by atoms with Crippen LogP contribution in [0.1, 0.15) is 52.4 Å². The molecule has 0 heterocycles. The minimum atomic E-state index is -0.00792. The van der Waals surface area contributed by atoms with E-state index in [1.165, 1.54) is 25.7 Å². The van der Waals surface area contributed by atoms with Gasteiger partial charge in [0.05, 0.1) is 6.61 Å². The zero-order chi connectivity index (χ0) is 10.2. The summed E-state index contributed by atoms with van der Waals surface area (Å²) in [6.45, 7) is 4.65. The molecule has 0 saturated heterocycles. The monoisotopic (exact) mass is 187 g/mol. The van der Waals surface area contributed by atoms with Crippen molar-refractivity contribution in [2.75, 3.05) is 13.7 Å². The van der Waals surface area contributed by atoms with Crippen LogP contribution in [0.4, 0.5) is 0 Å². The first-order chi connectivity index (χ1) is 6.24. The first-order valence-electron chi connectivity index (χ1n) is 5.54. The zero-order valence-corrected chi connectivity index (χ0v) is 9.40. The van der Waals surface area contributed by atoms with Gasteiger partial charge >= 0.3 is 0 Å². The Morgan fingerprint density at radius 3 is 1.77 bits per heavy atom. The highest BCUT2D eigenvalue weighted by atomic mass is 16.3. The lowest BCUT2D eigenvalue weighted by Gasteiger charge is -2.31. The van der Waals surface area contributed by atoms with Gasteiger partial charge in [-0.05, 0) is 19.9 Å². The average molecular weight is 187 g/mol. The Morgan fingerprint density at radius 1 is 1.08 bits per heavy atom. The van der Waals surface area contributed by atoms with E-state index in [1.54, 1.807) is 0 Å². The molecule has 0 radical (unpaired) electrons. The van der Waals surface area contributed by atoms with Crippen molar-refractivity contribution in [3.63, 3.8) is 0 Å². The lowest BCUT2D eigenvalue weighted by Crippen LogP contribution is -2.46. The van der Waals surface area contributed by atoms with E-state index in [-0.39, 0.29) is 12.1 Å². The second-order valence-electron chi connectivity index (χ2n) is 3.90. The fourth-order valence-electron chi connectivity index (χ4n) is 1.64. The molecule has 2 N–H and O–H groups in total. The number of unbranched alkanes of at least 4 members (excludes halogenated alkanes) is 2. The van der Waals surface area contributed by atoms with Gasteiger partial charge in [-0.1, -0.05) is 39.5 Å². The Bertz CT molecular complexity index is 101. The predicted octanol–water partition coefficient (Wildman–Crippen LogP) is 2.32. The van der Waals surface area contributed by atoms with Crippen molar-refractivity contribution in [1.82, 2.24) is 5.32 Å². The molecule has 0 aliphatic rings. The van der Waals surface area contributed by atoms with E-state index < -0.39 is 0 Å². The minimum absolute atomic E-state index is 0.00792. The Kier molecular flexibility index (Phi) is 7.29. The molecule has 0 rings (SSSR count). The molecule has 0 aromatic rings. The molecule has 0 aromatic heterocycles. The average Bonchev–Trinajstić information content (AvgIpc) is 2.20.